The van der Waals surface area contributed by atoms with Gasteiger partial charge in [-0.1, -0.05) is 48.5 Å². The lowest BCUT2D eigenvalue weighted by Gasteiger charge is -2.28. The smallest absolute Gasteiger partial charge is 0.242 e. The van der Waals surface area contributed by atoms with Gasteiger partial charge in [-0.2, -0.15) is 0 Å². The Morgan fingerprint density at radius 3 is 2.35 bits per heavy atom. The lowest BCUT2D eigenvalue weighted by Crippen LogP contribution is -2.50. The first-order valence-corrected chi connectivity index (χ1v) is 6.38. The highest BCUT2D eigenvalue weighted by molar-refractivity contribution is 5.85. The van der Waals surface area contributed by atoms with Crippen molar-refractivity contribution in [3.05, 3.63) is 71.5 Å². The predicted octanol–water partition coefficient (Wildman–Crippen LogP) is 2.32. The van der Waals surface area contributed by atoms with Crippen molar-refractivity contribution in [2.24, 2.45) is 5.73 Å². The number of rotatable bonds is 5. The zero-order valence-corrected chi connectivity index (χ0v) is 11.3. The van der Waals surface area contributed by atoms with Gasteiger partial charge >= 0.3 is 0 Å². The van der Waals surface area contributed by atoms with E-state index in [-0.39, 0.29) is 5.56 Å². The number of nitrogens with two attached hydrogens (primary N) is 1. The number of hydrogen-bond acceptors (Lipinski definition) is 2. The van der Waals surface area contributed by atoms with Gasteiger partial charge < -0.3 is 5.73 Å². The Balaban J connectivity index is 2.27. The van der Waals surface area contributed by atoms with Gasteiger partial charge in [-0.05, 0) is 18.6 Å². The van der Waals surface area contributed by atoms with Gasteiger partial charge in [0, 0.05) is 12.1 Å². The molecule has 1 atom stereocenters. The first-order chi connectivity index (χ1) is 9.54. The second kappa shape index (κ2) is 5.84. The summed E-state index contributed by atoms with van der Waals surface area (Å²) in [5, 5.41) is 3.05. The fourth-order valence-electron chi connectivity index (χ4n) is 2.06. The second-order valence-electron chi connectivity index (χ2n) is 4.81. The number of hydrogen-bond donors (Lipinski definition) is 2. The number of amides is 1. The maximum absolute atomic E-state index is 13.9. The molecule has 0 radical (unpaired) electrons. The molecular formula is C16H17FN2O. The van der Waals surface area contributed by atoms with Crippen LogP contribution in [-0.2, 0) is 16.9 Å². The number of carbonyl (C=O) groups is 1. The number of benzene rings is 2. The summed E-state index contributed by atoms with van der Waals surface area (Å²) in [5.74, 6) is -1.06. The van der Waals surface area contributed by atoms with Gasteiger partial charge in [0.15, 0.2) is 0 Å². The fourth-order valence-corrected chi connectivity index (χ4v) is 2.06. The molecule has 0 bridgehead atoms. The summed E-state index contributed by atoms with van der Waals surface area (Å²) in [6.07, 6.45) is 0. The van der Waals surface area contributed by atoms with Crippen LogP contribution < -0.4 is 11.1 Å². The van der Waals surface area contributed by atoms with Crippen molar-refractivity contribution in [2.75, 3.05) is 0 Å². The summed E-state index contributed by atoms with van der Waals surface area (Å²) < 4.78 is 13.9. The van der Waals surface area contributed by atoms with E-state index in [4.69, 9.17) is 5.73 Å². The number of halogens is 1. The average molecular weight is 272 g/mol. The molecule has 0 aromatic heterocycles. The maximum atomic E-state index is 13.9. The van der Waals surface area contributed by atoms with Gasteiger partial charge in [-0.25, -0.2) is 4.39 Å². The molecule has 0 fully saturated rings. The van der Waals surface area contributed by atoms with Crippen LogP contribution in [0.15, 0.2) is 54.6 Å². The lowest BCUT2D eigenvalue weighted by molar-refractivity contribution is -0.124. The Morgan fingerprint density at radius 2 is 1.75 bits per heavy atom. The van der Waals surface area contributed by atoms with Crippen LogP contribution in [0, 0.1) is 5.82 Å². The van der Waals surface area contributed by atoms with Gasteiger partial charge in [0.1, 0.15) is 11.4 Å². The van der Waals surface area contributed by atoms with Crippen LogP contribution in [0.1, 0.15) is 18.1 Å². The summed E-state index contributed by atoms with van der Waals surface area (Å²) >= 11 is 0. The Hall–Kier alpha value is -2.20. The van der Waals surface area contributed by atoms with E-state index in [2.05, 4.69) is 5.32 Å². The third-order valence-electron chi connectivity index (χ3n) is 3.39. The molecule has 0 heterocycles. The molecule has 4 heteroatoms. The van der Waals surface area contributed by atoms with E-state index in [1.165, 1.54) is 6.07 Å². The van der Waals surface area contributed by atoms with Crippen molar-refractivity contribution in [2.45, 2.75) is 19.0 Å². The maximum Gasteiger partial charge on any atom is 0.242 e. The van der Waals surface area contributed by atoms with Crippen LogP contribution in [0.25, 0.3) is 0 Å². The van der Waals surface area contributed by atoms with Gasteiger partial charge in [0.05, 0.1) is 0 Å². The molecule has 0 spiro atoms. The molecule has 0 aliphatic heterocycles. The standard InChI is InChI=1S/C16H17FN2O/c1-16(15(18)20,13-9-5-6-10-14(13)17)19-11-12-7-3-2-4-8-12/h2-10,19H,11H2,1H3,(H2,18,20). The molecule has 0 saturated carbocycles. The Labute approximate surface area is 117 Å². The van der Waals surface area contributed by atoms with E-state index in [9.17, 15) is 9.18 Å². The zero-order valence-electron chi connectivity index (χ0n) is 11.3. The largest absolute Gasteiger partial charge is 0.368 e. The quantitative estimate of drug-likeness (QED) is 0.877. The van der Waals surface area contributed by atoms with Crippen molar-refractivity contribution in [1.29, 1.82) is 0 Å². The predicted molar refractivity (Wildman–Crippen MR) is 76.2 cm³/mol. The van der Waals surface area contributed by atoms with E-state index in [0.29, 0.717) is 6.54 Å². The topological polar surface area (TPSA) is 55.1 Å². The highest BCUT2D eigenvalue weighted by atomic mass is 19.1. The molecule has 3 nitrogen and oxygen atoms in total. The van der Waals surface area contributed by atoms with Gasteiger partial charge in [-0.3, -0.25) is 10.1 Å². The molecule has 20 heavy (non-hydrogen) atoms. The first-order valence-electron chi connectivity index (χ1n) is 6.38. The summed E-state index contributed by atoms with van der Waals surface area (Å²) in [4.78, 5) is 11.8. The van der Waals surface area contributed by atoms with Crippen LogP contribution in [0.3, 0.4) is 0 Å². The SMILES string of the molecule is CC(NCc1ccccc1)(C(N)=O)c1ccccc1F. The molecular weight excluding hydrogens is 255 g/mol. The van der Waals surface area contributed by atoms with Crippen LogP contribution in [0.4, 0.5) is 4.39 Å². The minimum absolute atomic E-state index is 0.253. The molecule has 2 aromatic carbocycles. The fraction of sp³-hybridized carbons (Fsp3) is 0.188. The molecule has 3 N–H and O–H groups in total. The highest BCUT2D eigenvalue weighted by Crippen LogP contribution is 2.23. The van der Waals surface area contributed by atoms with E-state index < -0.39 is 17.3 Å². The third kappa shape index (κ3) is 2.86. The van der Waals surface area contributed by atoms with E-state index in [1.54, 1.807) is 25.1 Å². The van der Waals surface area contributed by atoms with E-state index in [0.717, 1.165) is 5.56 Å². The summed E-state index contributed by atoms with van der Waals surface area (Å²) in [5.41, 5.74) is 5.47. The molecule has 1 amide bonds. The molecule has 0 aliphatic rings. The van der Waals surface area contributed by atoms with E-state index in [1.807, 2.05) is 30.3 Å². The molecule has 0 saturated heterocycles. The number of primary amides is 1. The molecule has 1 unspecified atom stereocenters. The van der Waals surface area contributed by atoms with Crippen LogP contribution >= 0.6 is 0 Å². The summed E-state index contributed by atoms with van der Waals surface area (Å²) in [6, 6.07) is 15.7. The monoisotopic (exact) mass is 272 g/mol. The van der Waals surface area contributed by atoms with E-state index >= 15 is 0 Å². The normalized spacial score (nSPS) is 13.7. The minimum Gasteiger partial charge on any atom is -0.368 e. The van der Waals surface area contributed by atoms with Gasteiger partial charge in [-0.15, -0.1) is 0 Å². The highest BCUT2D eigenvalue weighted by Gasteiger charge is 2.34. The Bertz CT molecular complexity index is 600. The van der Waals surface area contributed by atoms with Gasteiger partial charge in [0.2, 0.25) is 5.91 Å². The molecule has 104 valence electrons. The first kappa shape index (κ1) is 14.2. The Morgan fingerprint density at radius 1 is 1.15 bits per heavy atom. The van der Waals surface area contributed by atoms with Crippen molar-refractivity contribution in [3.8, 4) is 0 Å². The molecule has 0 aliphatic carbocycles. The molecule has 2 rings (SSSR count). The van der Waals surface area contributed by atoms with Crippen LogP contribution in [0.5, 0.6) is 0 Å². The average Bonchev–Trinajstić information content (AvgIpc) is 2.46. The van der Waals surface area contributed by atoms with Crippen LogP contribution in [-0.4, -0.2) is 5.91 Å². The zero-order chi connectivity index (χ0) is 14.6. The summed E-state index contributed by atoms with van der Waals surface area (Å²) in [6.45, 7) is 2.02. The second-order valence-corrected chi connectivity index (χ2v) is 4.81. The Kier molecular flexibility index (Phi) is 4.15. The van der Waals surface area contributed by atoms with Gasteiger partial charge in [0.25, 0.3) is 0 Å². The lowest BCUT2D eigenvalue weighted by atomic mass is 9.90. The number of nitrogens with one attached hydrogen (secondary N) is 1. The number of carbonyl (C=O) groups excluding carboxylic acids is 1. The third-order valence-corrected chi connectivity index (χ3v) is 3.39. The minimum atomic E-state index is -1.25. The van der Waals surface area contributed by atoms with Crippen molar-refractivity contribution in [3.63, 3.8) is 0 Å². The summed E-state index contributed by atoms with van der Waals surface area (Å²) in [7, 11) is 0. The molecule has 2 aromatic rings. The van der Waals surface area contributed by atoms with Crippen molar-refractivity contribution < 1.29 is 9.18 Å². The van der Waals surface area contributed by atoms with Crippen molar-refractivity contribution in [1.82, 2.24) is 5.32 Å². The van der Waals surface area contributed by atoms with Crippen LogP contribution in [0.2, 0.25) is 0 Å². The van der Waals surface area contributed by atoms with Crippen molar-refractivity contribution >= 4 is 5.91 Å².